The summed E-state index contributed by atoms with van der Waals surface area (Å²) in [6, 6.07) is 6.76. The van der Waals surface area contributed by atoms with Gasteiger partial charge < -0.3 is 14.6 Å². The summed E-state index contributed by atoms with van der Waals surface area (Å²) in [6.45, 7) is 3.35. The van der Waals surface area contributed by atoms with Crippen LogP contribution in [0.4, 0.5) is 0 Å². The SMILES string of the molecule is CC(C)C(=O)OCOc1ccc(C=CC(=O)O)cc1. The Bertz CT molecular complexity index is 459. The molecule has 19 heavy (non-hydrogen) atoms. The van der Waals surface area contributed by atoms with Crippen molar-refractivity contribution in [2.45, 2.75) is 13.8 Å². The van der Waals surface area contributed by atoms with Gasteiger partial charge in [-0.3, -0.25) is 4.79 Å². The first kappa shape index (κ1) is 14.8. The predicted octanol–water partition coefficient (Wildman–Crippen LogP) is 2.32. The molecule has 0 aliphatic carbocycles. The first-order valence-corrected chi connectivity index (χ1v) is 5.79. The highest BCUT2D eigenvalue weighted by Gasteiger charge is 2.07. The van der Waals surface area contributed by atoms with Crippen LogP contribution in [-0.2, 0) is 14.3 Å². The van der Waals surface area contributed by atoms with Gasteiger partial charge in [-0.05, 0) is 23.8 Å². The molecule has 0 saturated heterocycles. The van der Waals surface area contributed by atoms with Crippen LogP contribution in [0.5, 0.6) is 5.75 Å². The smallest absolute Gasteiger partial charge is 0.328 e. The lowest BCUT2D eigenvalue weighted by Gasteiger charge is -2.08. The minimum absolute atomic E-state index is 0.138. The lowest BCUT2D eigenvalue weighted by Crippen LogP contribution is -2.15. The van der Waals surface area contributed by atoms with E-state index in [4.69, 9.17) is 14.6 Å². The first-order valence-electron chi connectivity index (χ1n) is 5.79. The number of aliphatic carboxylic acids is 1. The van der Waals surface area contributed by atoms with E-state index in [2.05, 4.69) is 0 Å². The first-order chi connectivity index (χ1) is 8.99. The number of rotatable bonds is 6. The van der Waals surface area contributed by atoms with Crippen LogP contribution in [0.2, 0.25) is 0 Å². The van der Waals surface area contributed by atoms with E-state index < -0.39 is 5.97 Å². The van der Waals surface area contributed by atoms with Crippen molar-refractivity contribution < 1.29 is 24.2 Å². The van der Waals surface area contributed by atoms with Gasteiger partial charge in [0.1, 0.15) is 5.75 Å². The van der Waals surface area contributed by atoms with Crippen LogP contribution in [0.1, 0.15) is 19.4 Å². The van der Waals surface area contributed by atoms with Gasteiger partial charge >= 0.3 is 11.9 Å². The number of benzene rings is 1. The number of carboxylic acid groups (broad SMARTS) is 1. The van der Waals surface area contributed by atoms with E-state index in [1.807, 2.05) is 0 Å². The molecule has 0 heterocycles. The van der Waals surface area contributed by atoms with Crippen molar-refractivity contribution in [3.05, 3.63) is 35.9 Å². The highest BCUT2D eigenvalue weighted by atomic mass is 16.7. The molecule has 1 aromatic rings. The minimum Gasteiger partial charge on any atom is -0.478 e. The highest BCUT2D eigenvalue weighted by Crippen LogP contribution is 2.13. The number of ether oxygens (including phenoxy) is 2. The fraction of sp³-hybridized carbons (Fsp3) is 0.286. The summed E-state index contributed by atoms with van der Waals surface area (Å²) in [7, 11) is 0. The van der Waals surface area contributed by atoms with Gasteiger partial charge in [-0.2, -0.15) is 0 Å². The molecule has 0 amide bonds. The second-order valence-corrected chi connectivity index (χ2v) is 4.12. The van der Waals surface area contributed by atoms with E-state index in [0.29, 0.717) is 5.75 Å². The molecule has 0 aliphatic heterocycles. The Balaban J connectivity index is 2.44. The molecule has 0 unspecified atom stereocenters. The summed E-state index contributed by atoms with van der Waals surface area (Å²) in [4.78, 5) is 21.5. The molecule has 0 radical (unpaired) electrons. The standard InChI is InChI=1S/C14H16O5/c1-10(2)14(17)19-9-18-12-6-3-11(4-7-12)5-8-13(15)16/h3-8,10H,9H2,1-2H3,(H,15,16). The third-order valence-corrected chi connectivity index (χ3v) is 2.20. The molecule has 0 aliphatic rings. The van der Waals surface area contributed by atoms with Crippen molar-refractivity contribution >= 4 is 18.0 Å². The molecular formula is C14H16O5. The van der Waals surface area contributed by atoms with E-state index in [1.54, 1.807) is 38.1 Å². The molecule has 0 saturated carbocycles. The lowest BCUT2D eigenvalue weighted by molar-refractivity contribution is -0.154. The van der Waals surface area contributed by atoms with Crippen molar-refractivity contribution in [3.8, 4) is 5.75 Å². The summed E-state index contributed by atoms with van der Waals surface area (Å²) in [5.74, 6) is -0.960. The van der Waals surface area contributed by atoms with E-state index in [-0.39, 0.29) is 18.7 Å². The summed E-state index contributed by atoms with van der Waals surface area (Å²) in [5, 5.41) is 8.48. The highest BCUT2D eigenvalue weighted by molar-refractivity contribution is 5.85. The van der Waals surface area contributed by atoms with Crippen molar-refractivity contribution in [1.29, 1.82) is 0 Å². The average Bonchev–Trinajstić information content (AvgIpc) is 2.37. The molecule has 1 aromatic carbocycles. The zero-order chi connectivity index (χ0) is 14.3. The van der Waals surface area contributed by atoms with Gasteiger partial charge in [0.25, 0.3) is 0 Å². The minimum atomic E-state index is -0.999. The topological polar surface area (TPSA) is 72.8 Å². The van der Waals surface area contributed by atoms with Gasteiger partial charge in [-0.25, -0.2) is 4.79 Å². The molecular weight excluding hydrogens is 248 g/mol. The third-order valence-electron chi connectivity index (χ3n) is 2.20. The maximum atomic E-state index is 11.2. The third kappa shape index (κ3) is 5.72. The van der Waals surface area contributed by atoms with Crippen LogP contribution < -0.4 is 4.74 Å². The van der Waals surface area contributed by atoms with Gasteiger partial charge in [0, 0.05) is 6.08 Å². The summed E-state index contributed by atoms with van der Waals surface area (Å²) in [5.41, 5.74) is 0.744. The number of esters is 1. The number of carbonyl (C=O) groups is 2. The van der Waals surface area contributed by atoms with E-state index in [9.17, 15) is 9.59 Å². The van der Waals surface area contributed by atoms with Crippen molar-refractivity contribution in [2.24, 2.45) is 5.92 Å². The maximum Gasteiger partial charge on any atom is 0.328 e. The molecule has 5 nitrogen and oxygen atoms in total. The Labute approximate surface area is 111 Å². The second kappa shape index (κ2) is 7.20. The Morgan fingerprint density at radius 1 is 1.26 bits per heavy atom. The van der Waals surface area contributed by atoms with Gasteiger partial charge in [0.15, 0.2) is 0 Å². The van der Waals surface area contributed by atoms with Gasteiger partial charge in [0.05, 0.1) is 5.92 Å². The lowest BCUT2D eigenvalue weighted by atomic mass is 10.2. The van der Waals surface area contributed by atoms with Gasteiger partial charge in [0.2, 0.25) is 6.79 Å². The second-order valence-electron chi connectivity index (χ2n) is 4.12. The summed E-state index contributed by atoms with van der Waals surface area (Å²) >= 11 is 0. The van der Waals surface area contributed by atoms with E-state index in [0.717, 1.165) is 11.6 Å². The molecule has 0 atom stereocenters. The zero-order valence-corrected chi connectivity index (χ0v) is 10.8. The van der Waals surface area contributed by atoms with Crippen LogP contribution in [0.25, 0.3) is 6.08 Å². The maximum absolute atomic E-state index is 11.2. The Morgan fingerprint density at radius 3 is 2.42 bits per heavy atom. The molecule has 102 valence electrons. The van der Waals surface area contributed by atoms with Crippen molar-refractivity contribution in [2.75, 3.05) is 6.79 Å². The Kier molecular flexibility index (Phi) is 5.60. The van der Waals surface area contributed by atoms with Crippen LogP contribution in [0.15, 0.2) is 30.3 Å². The number of carbonyl (C=O) groups excluding carboxylic acids is 1. The summed E-state index contributed by atoms with van der Waals surface area (Å²) in [6.07, 6.45) is 2.53. The Hall–Kier alpha value is -2.30. The predicted molar refractivity (Wildman–Crippen MR) is 69.5 cm³/mol. The molecule has 0 bridgehead atoms. The van der Waals surface area contributed by atoms with Crippen LogP contribution in [-0.4, -0.2) is 23.8 Å². The number of carboxylic acids is 1. The van der Waals surface area contributed by atoms with Crippen LogP contribution >= 0.6 is 0 Å². The normalized spacial score (nSPS) is 10.7. The molecule has 0 spiro atoms. The van der Waals surface area contributed by atoms with E-state index >= 15 is 0 Å². The molecule has 5 heteroatoms. The average molecular weight is 264 g/mol. The van der Waals surface area contributed by atoms with Gasteiger partial charge in [-0.15, -0.1) is 0 Å². The Morgan fingerprint density at radius 2 is 1.89 bits per heavy atom. The summed E-state index contributed by atoms with van der Waals surface area (Å²) < 4.78 is 10.1. The molecule has 1 rings (SSSR count). The number of hydrogen-bond donors (Lipinski definition) is 1. The molecule has 1 N–H and O–H groups in total. The van der Waals surface area contributed by atoms with Crippen molar-refractivity contribution in [1.82, 2.24) is 0 Å². The fourth-order valence-electron chi connectivity index (χ4n) is 1.16. The molecule has 0 aromatic heterocycles. The fourth-order valence-corrected chi connectivity index (χ4v) is 1.16. The quantitative estimate of drug-likeness (QED) is 0.485. The zero-order valence-electron chi connectivity index (χ0n) is 10.8. The van der Waals surface area contributed by atoms with Crippen molar-refractivity contribution in [3.63, 3.8) is 0 Å². The largest absolute Gasteiger partial charge is 0.478 e. The van der Waals surface area contributed by atoms with Crippen LogP contribution in [0.3, 0.4) is 0 Å². The van der Waals surface area contributed by atoms with Crippen LogP contribution in [0, 0.1) is 5.92 Å². The monoisotopic (exact) mass is 264 g/mol. The molecule has 0 fully saturated rings. The number of hydrogen-bond acceptors (Lipinski definition) is 4. The van der Waals surface area contributed by atoms with Gasteiger partial charge in [-0.1, -0.05) is 26.0 Å². The van der Waals surface area contributed by atoms with E-state index in [1.165, 1.54) is 6.08 Å².